The van der Waals surface area contributed by atoms with E-state index in [2.05, 4.69) is 0 Å². The van der Waals surface area contributed by atoms with E-state index in [4.69, 9.17) is 5.41 Å². The standard InChI is InChI=1S/C8H13N3O/c1-10-4-6-5-11(8(10)9)3-2-7(6)12/h6,9H,2-5H2,1H3. The van der Waals surface area contributed by atoms with Gasteiger partial charge in [0, 0.05) is 33.1 Å². The summed E-state index contributed by atoms with van der Waals surface area (Å²) in [5, 5.41) is 7.68. The summed E-state index contributed by atoms with van der Waals surface area (Å²) in [7, 11) is 1.88. The van der Waals surface area contributed by atoms with Gasteiger partial charge in [0.05, 0.1) is 5.92 Å². The highest BCUT2D eigenvalue weighted by Gasteiger charge is 2.35. The molecule has 0 saturated carbocycles. The van der Waals surface area contributed by atoms with Gasteiger partial charge in [0.2, 0.25) is 0 Å². The minimum absolute atomic E-state index is 0.151. The molecule has 0 aromatic heterocycles. The lowest BCUT2D eigenvalue weighted by atomic mass is 9.94. The molecule has 66 valence electrons. The van der Waals surface area contributed by atoms with Crippen LogP contribution in [0.3, 0.4) is 0 Å². The molecule has 2 fully saturated rings. The summed E-state index contributed by atoms with van der Waals surface area (Å²) in [6, 6.07) is 0. The lowest BCUT2D eigenvalue weighted by Crippen LogP contribution is -2.57. The number of hydrogen-bond donors (Lipinski definition) is 1. The van der Waals surface area contributed by atoms with Crippen molar-refractivity contribution in [1.82, 2.24) is 9.80 Å². The van der Waals surface area contributed by atoms with Gasteiger partial charge in [-0.1, -0.05) is 0 Å². The van der Waals surface area contributed by atoms with Crippen molar-refractivity contribution in [2.24, 2.45) is 5.92 Å². The molecule has 2 rings (SSSR count). The van der Waals surface area contributed by atoms with Gasteiger partial charge in [0.25, 0.3) is 0 Å². The average Bonchev–Trinajstić information content (AvgIpc) is 2.06. The molecule has 2 bridgehead atoms. The summed E-state index contributed by atoms with van der Waals surface area (Å²) >= 11 is 0. The molecule has 2 aliphatic rings. The van der Waals surface area contributed by atoms with Gasteiger partial charge in [-0.2, -0.15) is 0 Å². The third-order valence-electron chi connectivity index (χ3n) is 2.68. The second-order valence-electron chi connectivity index (χ2n) is 3.56. The number of Topliss-reactive ketones (excluding diaryl/α,β-unsaturated/α-hetero) is 1. The normalized spacial score (nSPS) is 29.6. The average molecular weight is 167 g/mol. The molecule has 12 heavy (non-hydrogen) atoms. The first kappa shape index (κ1) is 7.58. The largest absolute Gasteiger partial charge is 0.345 e. The Morgan fingerprint density at radius 3 is 3.00 bits per heavy atom. The van der Waals surface area contributed by atoms with Crippen molar-refractivity contribution < 1.29 is 4.79 Å². The smallest absolute Gasteiger partial charge is 0.193 e. The molecule has 1 atom stereocenters. The lowest BCUT2D eigenvalue weighted by Gasteiger charge is -2.43. The van der Waals surface area contributed by atoms with Crippen LogP contribution in [0.1, 0.15) is 6.42 Å². The van der Waals surface area contributed by atoms with Crippen molar-refractivity contribution in [3.63, 3.8) is 0 Å². The van der Waals surface area contributed by atoms with Crippen molar-refractivity contribution in [3.8, 4) is 0 Å². The zero-order valence-corrected chi connectivity index (χ0v) is 7.21. The molecule has 0 aromatic carbocycles. The number of rotatable bonds is 0. The van der Waals surface area contributed by atoms with Gasteiger partial charge in [-0.3, -0.25) is 10.2 Å². The van der Waals surface area contributed by atoms with Crippen LogP contribution in [0.4, 0.5) is 0 Å². The van der Waals surface area contributed by atoms with Gasteiger partial charge in [-0.05, 0) is 0 Å². The zero-order chi connectivity index (χ0) is 8.72. The minimum Gasteiger partial charge on any atom is -0.345 e. The minimum atomic E-state index is 0.151. The van der Waals surface area contributed by atoms with Gasteiger partial charge >= 0.3 is 0 Å². The van der Waals surface area contributed by atoms with Crippen LogP contribution in [0, 0.1) is 11.3 Å². The maximum atomic E-state index is 11.3. The fourth-order valence-corrected chi connectivity index (χ4v) is 1.92. The first-order chi connectivity index (χ1) is 5.68. The Morgan fingerprint density at radius 1 is 1.50 bits per heavy atom. The molecule has 2 saturated heterocycles. The van der Waals surface area contributed by atoms with Crippen LogP contribution in [0.25, 0.3) is 0 Å². The van der Waals surface area contributed by atoms with Crippen molar-refractivity contribution >= 4 is 11.7 Å². The predicted octanol–water partition coefficient (Wildman–Crippen LogP) is -0.242. The molecule has 2 heterocycles. The van der Waals surface area contributed by atoms with Crippen LogP contribution in [0.2, 0.25) is 0 Å². The van der Waals surface area contributed by atoms with E-state index in [9.17, 15) is 4.79 Å². The van der Waals surface area contributed by atoms with Gasteiger partial charge in [0.15, 0.2) is 5.96 Å². The molecular weight excluding hydrogens is 154 g/mol. The van der Waals surface area contributed by atoms with Gasteiger partial charge < -0.3 is 9.80 Å². The molecule has 0 amide bonds. The molecule has 0 spiro atoms. The fourth-order valence-electron chi connectivity index (χ4n) is 1.92. The second kappa shape index (κ2) is 2.47. The van der Waals surface area contributed by atoms with E-state index >= 15 is 0 Å². The molecule has 4 heteroatoms. The van der Waals surface area contributed by atoms with E-state index in [1.807, 2.05) is 16.8 Å². The van der Waals surface area contributed by atoms with Crippen molar-refractivity contribution in [3.05, 3.63) is 0 Å². The summed E-state index contributed by atoms with van der Waals surface area (Å²) < 4.78 is 0. The van der Waals surface area contributed by atoms with Gasteiger partial charge in [0.1, 0.15) is 5.78 Å². The Kier molecular flexibility index (Phi) is 1.56. The number of guanidine groups is 1. The Bertz CT molecular complexity index is 236. The zero-order valence-electron chi connectivity index (χ0n) is 7.21. The highest BCUT2D eigenvalue weighted by Crippen LogP contribution is 2.19. The first-order valence-corrected chi connectivity index (χ1v) is 4.26. The number of piperidine rings is 1. The predicted molar refractivity (Wildman–Crippen MR) is 45.0 cm³/mol. The first-order valence-electron chi connectivity index (χ1n) is 4.26. The molecule has 1 N–H and O–H groups in total. The van der Waals surface area contributed by atoms with E-state index in [0.717, 1.165) is 19.6 Å². The molecular formula is C8H13N3O. The number of fused-ring (bicyclic) bond motifs is 2. The van der Waals surface area contributed by atoms with E-state index in [1.54, 1.807) is 0 Å². The number of carbonyl (C=O) groups excluding carboxylic acids is 1. The van der Waals surface area contributed by atoms with Crippen LogP contribution in [-0.4, -0.2) is 48.2 Å². The molecule has 0 radical (unpaired) electrons. The van der Waals surface area contributed by atoms with Crippen LogP contribution >= 0.6 is 0 Å². The van der Waals surface area contributed by atoms with Crippen LogP contribution in [-0.2, 0) is 4.79 Å². The SMILES string of the molecule is CN1CC2CN(CCC2=O)C1=N. The van der Waals surface area contributed by atoms with Crippen LogP contribution in [0.5, 0.6) is 0 Å². The number of nitrogens with zero attached hydrogens (tertiary/aromatic N) is 2. The molecule has 0 aromatic rings. The summed E-state index contributed by atoms with van der Waals surface area (Å²) in [4.78, 5) is 15.2. The maximum absolute atomic E-state index is 11.3. The van der Waals surface area contributed by atoms with E-state index in [1.165, 1.54) is 0 Å². The van der Waals surface area contributed by atoms with Crippen molar-refractivity contribution in [2.75, 3.05) is 26.7 Å². The van der Waals surface area contributed by atoms with Gasteiger partial charge in [-0.25, -0.2) is 0 Å². The third-order valence-corrected chi connectivity index (χ3v) is 2.68. The second-order valence-corrected chi connectivity index (χ2v) is 3.56. The number of nitrogens with one attached hydrogen (secondary N) is 1. The fraction of sp³-hybridized carbons (Fsp3) is 0.750. The maximum Gasteiger partial charge on any atom is 0.193 e. The molecule has 2 aliphatic heterocycles. The highest BCUT2D eigenvalue weighted by atomic mass is 16.1. The molecule has 0 aliphatic carbocycles. The number of carbonyl (C=O) groups is 1. The highest BCUT2D eigenvalue weighted by molar-refractivity contribution is 5.88. The Balaban J connectivity index is 2.18. The summed E-state index contributed by atoms with van der Waals surface area (Å²) in [5.41, 5.74) is 0. The Morgan fingerprint density at radius 2 is 2.25 bits per heavy atom. The monoisotopic (exact) mass is 167 g/mol. The van der Waals surface area contributed by atoms with E-state index in [-0.39, 0.29) is 5.92 Å². The summed E-state index contributed by atoms with van der Waals surface area (Å²) in [6.07, 6.45) is 0.626. The van der Waals surface area contributed by atoms with Crippen molar-refractivity contribution in [1.29, 1.82) is 5.41 Å². The lowest BCUT2D eigenvalue weighted by molar-refractivity contribution is -0.126. The van der Waals surface area contributed by atoms with Gasteiger partial charge in [-0.15, -0.1) is 0 Å². The van der Waals surface area contributed by atoms with E-state index < -0.39 is 0 Å². The molecule has 1 unspecified atom stereocenters. The Hall–Kier alpha value is -1.06. The van der Waals surface area contributed by atoms with E-state index in [0.29, 0.717) is 18.2 Å². The van der Waals surface area contributed by atoms with Crippen molar-refractivity contribution in [2.45, 2.75) is 6.42 Å². The summed E-state index contributed by atoms with van der Waals surface area (Å²) in [5.74, 6) is 1.09. The molecule has 4 nitrogen and oxygen atoms in total. The summed E-state index contributed by atoms with van der Waals surface area (Å²) in [6.45, 7) is 2.23. The number of ketones is 1. The Labute approximate surface area is 71.6 Å². The topological polar surface area (TPSA) is 47.4 Å². The quantitative estimate of drug-likeness (QED) is 0.541. The van der Waals surface area contributed by atoms with Crippen LogP contribution in [0.15, 0.2) is 0 Å². The third kappa shape index (κ3) is 0.983. The van der Waals surface area contributed by atoms with Crippen LogP contribution < -0.4 is 0 Å². The number of hydrogen-bond acceptors (Lipinski definition) is 2.